The number of ether oxygens (including phenoxy) is 2. The molecule has 0 saturated carbocycles. The Kier molecular flexibility index (Phi) is 7.15. The zero-order chi connectivity index (χ0) is 23.3. The summed E-state index contributed by atoms with van der Waals surface area (Å²) in [6.07, 6.45) is -0.138. The molecule has 3 rings (SSSR count). The Morgan fingerprint density at radius 2 is 1.84 bits per heavy atom. The zero-order valence-electron chi connectivity index (χ0n) is 18.9. The maximum atomic E-state index is 13.3. The zero-order valence-corrected chi connectivity index (χ0v) is 18.9. The van der Waals surface area contributed by atoms with Crippen molar-refractivity contribution < 1.29 is 14.3 Å². The highest BCUT2D eigenvalue weighted by atomic mass is 16.6. The van der Waals surface area contributed by atoms with Gasteiger partial charge < -0.3 is 20.5 Å². The number of para-hydroxylation sites is 1. The molecule has 0 spiro atoms. The second-order valence-corrected chi connectivity index (χ2v) is 8.38. The number of amides is 1. The van der Waals surface area contributed by atoms with E-state index in [1.54, 1.807) is 63.2 Å². The van der Waals surface area contributed by atoms with E-state index in [1.807, 2.05) is 13.0 Å². The molecule has 0 aliphatic heterocycles. The Hall–Kier alpha value is -3.39. The number of aromatic nitrogens is 2. The number of alkyl carbamates (subject to hydrolysis) is 1. The highest BCUT2D eigenvalue weighted by Gasteiger charge is 2.20. The van der Waals surface area contributed by atoms with Gasteiger partial charge >= 0.3 is 6.09 Å². The van der Waals surface area contributed by atoms with Gasteiger partial charge in [0.15, 0.2) is 0 Å². The van der Waals surface area contributed by atoms with Gasteiger partial charge in [-0.05, 0) is 70.5 Å². The van der Waals surface area contributed by atoms with Crippen molar-refractivity contribution in [2.75, 3.05) is 13.2 Å². The molecule has 1 aromatic heterocycles. The largest absolute Gasteiger partial charge is 0.494 e. The van der Waals surface area contributed by atoms with Crippen LogP contribution in [-0.2, 0) is 4.74 Å². The molecule has 8 nitrogen and oxygen atoms in total. The molecular weight excluding hydrogens is 408 g/mol. The van der Waals surface area contributed by atoms with Crippen molar-refractivity contribution in [3.05, 3.63) is 64.7 Å². The molecule has 0 bridgehead atoms. The van der Waals surface area contributed by atoms with Crippen LogP contribution in [0.2, 0.25) is 0 Å². The monoisotopic (exact) mass is 438 g/mol. The van der Waals surface area contributed by atoms with Crippen molar-refractivity contribution in [1.29, 1.82) is 0 Å². The molecule has 3 N–H and O–H groups in total. The molecular formula is C24H30N4O4. The lowest BCUT2D eigenvalue weighted by molar-refractivity contribution is 0.0526. The van der Waals surface area contributed by atoms with E-state index in [4.69, 9.17) is 20.2 Å². The van der Waals surface area contributed by atoms with Gasteiger partial charge in [-0.15, -0.1) is 0 Å². The Morgan fingerprint density at radius 3 is 2.50 bits per heavy atom. The Morgan fingerprint density at radius 1 is 1.16 bits per heavy atom. The second-order valence-electron chi connectivity index (χ2n) is 8.38. The lowest BCUT2D eigenvalue weighted by atomic mass is 10.1. The van der Waals surface area contributed by atoms with Crippen LogP contribution in [0.1, 0.15) is 46.0 Å². The van der Waals surface area contributed by atoms with Gasteiger partial charge in [-0.3, -0.25) is 9.36 Å². The van der Waals surface area contributed by atoms with Gasteiger partial charge in [-0.1, -0.05) is 12.1 Å². The number of benzene rings is 2. The van der Waals surface area contributed by atoms with Crippen molar-refractivity contribution in [3.8, 4) is 11.4 Å². The summed E-state index contributed by atoms with van der Waals surface area (Å²) in [5, 5.41) is 3.20. The van der Waals surface area contributed by atoms with Crippen molar-refractivity contribution in [2.45, 2.75) is 45.8 Å². The first-order valence-electron chi connectivity index (χ1n) is 10.7. The van der Waals surface area contributed by atoms with Gasteiger partial charge in [0.1, 0.15) is 17.2 Å². The summed E-state index contributed by atoms with van der Waals surface area (Å²) in [5.74, 6) is 1.13. The fraction of sp³-hybridized carbons (Fsp3) is 0.375. The third-order valence-electron chi connectivity index (χ3n) is 4.66. The minimum Gasteiger partial charge on any atom is -0.494 e. The number of carbonyl (C=O) groups excluding carboxylic acids is 1. The third kappa shape index (κ3) is 5.64. The minimum atomic E-state index is -0.589. The predicted octanol–water partition coefficient (Wildman–Crippen LogP) is 3.70. The number of hydrogen-bond acceptors (Lipinski definition) is 6. The quantitative estimate of drug-likeness (QED) is 0.582. The topological polar surface area (TPSA) is 108 Å². The van der Waals surface area contributed by atoms with Crippen LogP contribution in [-0.4, -0.2) is 34.4 Å². The molecule has 32 heavy (non-hydrogen) atoms. The molecule has 1 atom stereocenters. The van der Waals surface area contributed by atoms with Gasteiger partial charge in [-0.25, -0.2) is 9.78 Å². The van der Waals surface area contributed by atoms with E-state index in [0.717, 1.165) is 0 Å². The SMILES string of the molecule is CCOc1ccc(-n2c([C@H](N)CCNC(=O)OC(C)(C)C)nc3ccccc3c2=O)cc1. The van der Waals surface area contributed by atoms with Crippen LogP contribution in [0, 0.1) is 0 Å². The van der Waals surface area contributed by atoms with Gasteiger partial charge in [0, 0.05) is 6.54 Å². The molecule has 2 aromatic carbocycles. The summed E-state index contributed by atoms with van der Waals surface area (Å²) in [7, 11) is 0. The molecule has 1 heterocycles. The van der Waals surface area contributed by atoms with E-state index in [-0.39, 0.29) is 12.1 Å². The molecule has 0 aliphatic rings. The highest BCUT2D eigenvalue weighted by molar-refractivity contribution is 5.78. The van der Waals surface area contributed by atoms with E-state index in [1.165, 1.54) is 4.57 Å². The molecule has 8 heteroatoms. The van der Waals surface area contributed by atoms with Crippen molar-refractivity contribution in [2.24, 2.45) is 5.73 Å². The molecule has 3 aromatic rings. The Labute approximate surface area is 187 Å². The molecule has 0 radical (unpaired) electrons. The number of rotatable bonds is 7. The molecule has 0 unspecified atom stereocenters. The van der Waals surface area contributed by atoms with Crippen LogP contribution in [0.15, 0.2) is 53.3 Å². The normalized spacial score (nSPS) is 12.4. The molecule has 0 aliphatic carbocycles. The number of nitrogens with one attached hydrogen (secondary N) is 1. The Balaban J connectivity index is 1.91. The van der Waals surface area contributed by atoms with Gasteiger partial charge in [0.05, 0.1) is 29.2 Å². The molecule has 1 amide bonds. The lowest BCUT2D eigenvalue weighted by Crippen LogP contribution is -2.35. The fourth-order valence-corrected chi connectivity index (χ4v) is 3.28. The first kappa shape index (κ1) is 23.3. The fourth-order valence-electron chi connectivity index (χ4n) is 3.28. The molecule has 0 saturated heterocycles. The summed E-state index contributed by atoms with van der Waals surface area (Å²) in [6, 6.07) is 13.8. The smallest absolute Gasteiger partial charge is 0.407 e. The standard InChI is InChI=1S/C24H30N4O4/c1-5-31-17-12-10-16(11-13-17)28-21(27-20-9-7-6-8-18(20)22(28)29)19(25)14-15-26-23(30)32-24(2,3)4/h6-13,19H,5,14-15,25H2,1-4H3,(H,26,30)/t19-/m1/s1. The summed E-state index contributed by atoms with van der Waals surface area (Å²) >= 11 is 0. The maximum absolute atomic E-state index is 13.3. The van der Waals surface area contributed by atoms with Gasteiger partial charge in [-0.2, -0.15) is 0 Å². The number of nitrogens with two attached hydrogens (primary N) is 1. The number of carbonyl (C=O) groups is 1. The first-order chi connectivity index (χ1) is 15.2. The minimum absolute atomic E-state index is 0.203. The maximum Gasteiger partial charge on any atom is 0.407 e. The van der Waals surface area contributed by atoms with E-state index in [9.17, 15) is 9.59 Å². The number of hydrogen-bond donors (Lipinski definition) is 2. The van der Waals surface area contributed by atoms with Gasteiger partial charge in [0.25, 0.3) is 5.56 Å². The van der Waals surface area contributed by atoms with Crippen molar-refractivity contribution >= 4 is 17.0 Å². The van der Waals surface area contributed by atoms with Crippen LogP contribution in [0.4, 0.5) is 4.79 Å². The van der Waals surface area contributed by atoms with Crippen LogP contribution in [0.3, 0.4) is 0 Å². The van der Waals surface area contributed by atoms with Gasteiger partial charge in [0.2, 0.25) is 0 Å². The first-order valence-corrected chi connectivity index (χ1v) is 10.7. The molecule has 170 valence electrons. The van der Waals surface area contributed by atoms with Crippen LogP contribution < -0.4 is 21.3 Å². The molecule has 0 fully saturated rings. The summed E-state index contributed by atoms with van der Waals surface area (Å²) in [6.45, 7) is 8.14. The van der Waals surface area contributed by atoms with E-state index < -0.39 is 17.7 Å². The number of fused-ring (bicyclic) bond motifs is 1. The summed E-state index contributed by atoms with van der Waals surface area (Å²) in [5.41, 5.74) is 6.87. The predicted molar refractivity (Wildman–Crippen MR) is 124 cm³/mol. The average Bonchev–Trinajstić information content (AvgIpc) is 2.73. The van der Waals surface area contributed by atoms with Crippen LogP contribution in [0.25, 0.3) is 16.6 Å². The third-order valence-corrected chi connectivity index (χ3v) is 4.66. The van der Waals surface area contributed by atoms with Crippen LogP contribution in [0.5, 0.6) is 5.75 Å². The van der Waals surface area contributed by atoms with Crippen molar-refractivity contribution in [3.63, 3.8) is 0 Å². The average molecular weight is 439 g/mol. The van der Waals surface area contributed by atoms with E-state index >= 15 is 0 Å². The Bertz CT molecular complexity index is 1130. The van der Waals surface area contributed by atoms with E-state index in [2.05, 4.69) is 5.32 Å². The lowest BCUT2D eigenvalue weighted by Gasteiger charge is -2.21. The second kappa shape index (κ2) is 9.82. The van der Waals surface area contributed by atoms with Crippen LogP contribution >= 0.6 is 0 Å². The highest BCUT2D eigenvalue weighted by Crippen LogP contribution is 2.21. The summed E-state index contributed by atoms with van der Waals surface area (Å²) in [4.78, 5) is 30.0. The van der Waals surface area contributed by atoms with E-state index in [0.29, 0.717) is 41.2 Å². The number of nitrogens with zero attached hydrogens (tertiary/aromatic N) is 2. The summed E-state index contributed by atoms with van der Waals surface area (Å²) < 4.78 is 12.3. The van der Waals surface area contributed by atoms with Crippen molar-refractivity contribution in [1.82, 2.24) is 14.9 Å².